The van der Waals surface area contributed by atoms with Crippen molar-refractivity contribution in [3.8, 4) is 5.75 Å². The molecule has 172 valence electrons. The zero-order valence-electron chi connectivity index (χ0n) is 19.7. The Kier molecular flexibility index (Phi) is 6.06. The second-order valence-corrected chi connectivity index (χ2v) is 9.25. The fraction of sp³-hybridized carbons (Fsp3) is 0.267. The van der Waals surface area contributed by atoms with Crippen LogP contribution in [0.15, 0.2) is 84.1 Å². The predicted molar refractivity (Wildman–Crippen MR) is 134 cm³/mol. The van der Waals surface area contributed by atoms with E-state index in [2.05, 4.69) is 19.1 Å². The highest BCUT2D eigenvalue weighted by atomic mass is 16.5. The third-order valence-corrected chi connectivity index (χ3v) is 6.87. The van der Waals surface area contributed by atoms with Gasteiger partial charge in [0.05, 0.1) is 0 Å². The fourth-order valence-corrected chi connectivity index (χ4v) is 5.07. The number of hydrogen-bond donors (Lipinski definition) is 0. The molecule has 1 heterocycles. The largest absolute Gasteiger partial charge is 0.489 e. The van der Waals surface area contributed by atoms with Crippen LogP contribution in [0.2, 0.25) is 0 Å². The molecule has 1 amide bonds. The van der Waals surface area contributed by atoms with Crippen molar-refractivity contribution >= 4 is 17.4 Å². The first-order valence-electron chi connectivity index (χ1n) is 11.9. The zero-order valence-corrected chi connectivity index (χ0v) is 19.7. The van der Waals surface area contributed by atoms with E-state index < -0.39 is 0 Å². The van der Waals surface area contributed by atoms with Gasteiger partial charge in [-0.15, -0.1) is 0 Å². The summed E-state index contributed by atoms with van der Waals surface area (Å²) in [6.07, 6.45) is 2.37. The summed E-state index contributed by atoms with van der Waals surface area (Å²) in [6.45, 7) is 4.60. The monoisotopic (exact) mass is 451 g/mol. The number of benzene rings is 3. The summed E-state index contributed by atoms with van der Waals surface area (Å²) in [5.74, 6) is 0.779. The topological polar surface area (TPSA) is 46.6 Å². The second-order valence-electron chi connectivity index (χ2n) is 9.25. The number of hydrogen-bond acceptors (Lipinski definition) is 3. The van der Waals surface area contributed by atoms with Crippen molar-refractivity contribution in [1.82, 2.24) is 0 Å². The molecule has 0 radical (unpaired) electrons. The van der Waals surface area contributed by atoms with Crippen molar-refractivity contribution < 1.29 is 14.3 Å². The number of ether oxygens (including phenoxy) is 1. The minimum Gasteiger partial charge on any atom is -0.489 e. The van der Waals surface area contributed by atoms with Crippen molar-refractivity contribution in [2.45, 2.75) is 52.1 Å². The maximum Gasteiger partial charge on any atom is 0.232 e. The van der Waals surface area contributed by atoms with Crippen molar-refractivity contribution in [2.75, 3.05) is 4.90 Å². The van der Waals surface area contributed by atoms with Crippen LogP contribution in [0, 0.1) is 13.8 Å². The molecule has 0 saturated carbocycles. The molecule has 4 heteroatoms. The van der Waals surface area contributed by atoms with Gasteiger partial charge in [0.15, 0.2) is 5.78 Å². The fourth-order valence-electron chi connectivity index (χ4n) is 5.07. The molecule has 0 bridgehead atoms. The van der Waals surface area contributed by atoms with Gasteiger partial charge < -0.3 is 4.74 Å². The van der Waals surface area contributed by atoms with E-state index in [-0.39, 0.29) is 17.6 Å². The minimum absolute atomic E-state index is 0.0453. The van der Waals surface area contributed by atoms with Gasteiger partial charge in [0.1, 0.15) is 12.4 Å². The first-order chi connectivity index (χ1) is 16.5. The maximum atomic E-state index is 13.4. The second kappa shape index (κ2) is 9.30. The number of allylic oxidation sites excluding steroid dienone is 2. The summed E-state index contributed by atoms with van der Waals surface area (Å²) < 4.78 is 6.00. The van der Waals surface area contributed by atoms with Crippen LogP contribution in [0.4, 0.5) is 5.69 Å². The standard InChI is InChI=1S/C30H29NO3/c1-20-7-5-10-24(17-20)31-27-11-6-12-28(32)30(27)26(18-29(31)33)22-13-15-25(16-14-22)34-19-23-9-4-3-8-21(23)2/h3-5,7-10,13-17,26H,6,11-12,18-19H2,1-2H3. The van der Waals surface area contributed by atoms with Crippen LogP contribution < -0.4 is 9.64 Å². The lowest BCUT2D eigenvalue weighted by Gasteiger charge is -2.38. The van der Waals surface area contributed by atoms with Gasteiger partial charge in [-0.05, 0) is 73.2 Å². The van der Waals surface area contributed by atoms with Crippen LogP contribution in [0.25, 0.3) is 0 Å². The van der Waals surface area contributed by atoms with E-state index in [4.69, 9.17) is 4.74 Å². The molecule has 0 N–H and O–H groups in total. The van der Waals surface area contributed by atoms with E-state index in [9.17, 15) is 9.59 Å². The Morgan fingerprint density at radius 1 is 0.912 bits per heavy atom. The molecule has 1 aliphatic carbocycles. The van der Waals surface area contributed by atoms with E-state index >= 15 is 0 Å². The molecule has 0 spiro atoms. The van der Waals surface area contributed by atoms with Crippen LogP contribution in [-0.2, 0) is 16.2 Å². The Labute approximate surface area is 200 Å². The number of rotatable bonds is 5. The first-order valence-corrected chi connectivity index (χ1v) is 11.9. The van der Waals surface area contributed by atoms with Crippen LogP contribution in [0.3, 0.4) is 0 Å². The highest BCUT2D eigenvalue weighted by molar-refractivity contribution is 6.07. The van der Waals surface area contributed by atoms with E-state index in [1.807, 2.05) is 67.6 Å². The summed E-state index contributed by atoms with van der Waals surface area (Å²) >= 11 is 0. The summed E-state index contributed by atoms with van der Waals surface area (Å²) in [5.41, 5.74) is 6.98. The van der Waals surface area contributed by atoms with Crippen molar-refractivity contribution in [2.24, 2.45) is 0 Å². The van der Waals surface area contributed by atoms with Crippen LogP contribution in [0.5, 0.6) is 5.75 Å². The van der Waals surface area contributed by atoms with Crippen LogP contribution >= 0.6 is 0 Å². The quantitative estimate of drug-likeness (QED) is 0.450. The number of amides is 1. The van der Waals surface area contributed by atoms with Gasteiger partial charge in [0.2, 0.25) is 5.91 Å². The lowest BCUT2D eigenvalue weighted by molar-refractivity contribution is -0.119. The summed E-state index contributed by atoms with van der Waals surface area (Å²) in [4.78, 5) is 28.3. The SMILES string of the molecule is Cc1cccc(N2C(=O)CC(c3ccc(OCc4ccccc4C)cc3)C3=C2CCCC3=O)c1. The third kappa shape index (κ3) is 4.28. The Hall–Kier alpha value is -3.66. The minimum atomic E-state index is -0.207. The van der Waals surface area contributed by atoms with Gasteiger partial charge >= 0.3 is 0 Å². The summed E-state index contributed by atoms with van der Waals surface area (Å²) in [6, 6.07) is 24.0. The molecular formula is C30H29NO3. The number of nitrogens with zero attached hydrogens (tertiary/aromatic N) is 1. The molecule has 0 aromatic heterocycles. The normalized spacial score (nSPS) is 18.2. The average Bonchev–Trinajstić information content (AvgIpc) is 2.83. The molecule has 5 rings (SSSR count). The molecule has 1 aliphatic heterocycles. The number of carbonyl (C=O) groups is 2. The molecule has 0 saturated heterocycles. The van der Waals surface area contributed by atoms with Gasteiger partial charge in [-0.3, -0.25) is 14.5 Å². The molecule has 34 heavy (non-hydrogen) atoms. The molecule has 3 aromatic carbocycles. The highest BCUT2D eigenvalue weighted by Crippen LogP contribution is 2.43. The van der Waals surface area contributed by atoms with Crippen LogP contribution in [0.1, 0.15) is 53.9 Å². The number of anilines is 1. The Balaban J connectivity index is 1.43. The number of carbonyl (C=O) groups excluding carboxylic acids is 2. The maximum absolute atomic E-state index is 13.4. The Bertz CT molecular complexity index is 1270. The summed E-state index contributed by atoms with van der Waals surface area (Å²) in [7, 11) is 0. The van der Waals surface area contributed by atoms with Crippen molar-refractivity contribution in [3.05, 3.63) is 106 Å². The van der Waals surface area contributed by atoms with Crippen molar-refractivity contribution in [3.63, 3.8) is 0 Å². The smallest absolute Gasteiger partial charge is 0.232 e. The molecular weight excluding hydrogens is 422 g/mol. The average molecular weight is 452 g/mol. The predicted octanol–water partition coefficient (Wildman–Crippen LogP) is 6.41. The van der Waals surface area contributed by atoms with Gasteiger partial charge in [-0.1, -0.05) is 48.5 Å². The molecule has 3 aromatic rings. The lowest BCUT2D eigenvalue weighted by Crippen LogP contribution is -2.40. The van der Waals surface area contributed by atoms with E-state index in [1.54, 1.807) is 4.90 Å². The highest BCUT2D eigenvalue weighted by Gasteiger charge is 2.39. The first kappa shape index (κ1) is 22.1. The van der Waals surface area contributed by atoms with Crippen LogP contribution in [-0.4, -0.2) is 11.7 Å². The number of Topliss-reactive ketones (excluding diaryl/α,β-unsaturated/α-hetero) is 1. The number of aryl methyl sites for hydroxylation is 2. The van der Waals surface area contributed by atoms with E-state index in [1.165, 1.54) is 5.56 Å². The zero-order chi connectivity index (χ0) is 23.7. The number of ketones is 1. The van der Waals surface area contributed by atoms with Gasteiger partial charge in [0.25, 0.3) is 0 Å². The molecule has 1 unspecified atom stereocenters. The Morgan fingerprint density at radius 2 is 1.71 bits per heavy atom. The van der Waals surface area contributed by atoms with Crippen molar-refractivity contribution in [1.29, 1.82) is 0 Å². The molecule has 0 fully saturated rings. The third-order valence-electron chi connectivity index (χ3n) is 6.87. The molecule has 1 atom stereocenters. The molecule has 2 aliphatic rings. The summed E-state index contributed by atoms with van der Waals surface area (Å²) in [5, 5.41) is 0. The lowest BCUT2D eigenvalue weighted by atomic mass is 9.77. The molecule has 4 nitrogen and oxygen atoms in total. The van der Waals surface area contributed by atoms with Gasteiger partial charge in [0, 0.05) is 35.7 Å². The van der Waals surface area contributed by atoms with Gasteiger partial charge in [-0.25, -0.2) is 0 Å². The Morgan fingerprint density at radius 3 is 2.47 bits per heavy atom. The van der Waals surface area contributed by atoms with E-state index in [0.29, 0.717) is 19.4 Å². The van der Waals surface area contributed by atoms with E-state index in [0.717, 1.165) is 52.2 Å². The van der Waals surface area contributed by atoms with Gasteiger partial charge in [-0.2, -0.15) is 0 Å².